The van der Waals surface area contributed by atoms with Crippen LogP contribution in [0.5, 0.6) is 0 Å². The summed E-state index contributed by atoms with van der Waals surface area (Å²) in [6, 6.07) is 13.8. The molecule has 8 heteroatoms. The van der Waals surface area contributed by atoms with Crippen molar-refractivity contribution in [2.45, 2.75) is 51.3 Å². The van der Waals surface area contributed by atoms with Crippen LogP contribution in [0.1, 0.15) is 53.7 Å². The van der Waals surface area contributed by atoms with Gasteiger partial charge in [-0.15, -0.1) is 0 Å². The lowest BCUT2D eigenvalue weighted by atomic mass is 9.97. The highest BCUT2D eigenvalue weighted by atomic mass is 16.6. The summed E-state index contributed by atoms with van der Waals surface area (Å²) < 4.78 is 5.34. The van der Waals surface area contributed by atoms with Crippen LogP contribution in [-0.4, -0.2) is 29.6 Å². The number of benzene rings is 2. The van der Waals surface area contributed by atoms with Gasteiger partial charge in [0.2, 0.25) is 5.91 Å². The van der Waals surface area contributed by atoms with Gasteiger partial charge in [-0.3, -0.25) is 20.4 Å². The van der Waals surface area contributed by atoms with Gasteiger partial charge in [0.15, 0.2) is 0 Å². The van der Waals surface area contributed by atoms with E-state index < -0.39 is 35.5 Å². The summed E-state index contributed by atoms with van der Waals surface area (Å²) >= 11 is 0. The summed E-state index contributed by atoms with van der Waals surface area (Å²) in [4.78, 5) is 37.7. The maximum atomic E-state index is 13.0. The zero-order valence-electron chi connectivity index (χ0n) is 17.9. The molecule has 0 aromatic heterocycles. The second-order valence-corrected chi connectivity index (χ2v) is 8.48. The summed E-state index contributed by atoms with van der Waals surface area (Å²) in [5.41, 5.74) is 12.9. The number of carbonyl (C=O) groups excluding carboxylic acids is 3. The van der Waals surface area contributed by atoms with Crippen LogP contribution in [-0.2, 0) is 22.5 Å². The van der Waals surface area contributed by atoms with E-state index in [1.54, 1.807) is 45.0 Å². The number of amides is 3. The smallest absolute Gasteiger partial charge is 0.407 e. The molecule has 164 valence electrons. The zero-order valence-corrected chi connectivity index (χ0v) is 17.9. The molecule has 2 aromatic rings. The number of alkyl carbamates (subject to hydrolysis) is 1. The molecule has 0 fully saturated rings. The van der Waals surface area contributed by atoms with Gasteiger partial charge in [0, 0.05) is 12.1 Å². The zero-order chi connectivity index (χ0) is 22.6. The van der Waals surface area contributed by atoms with Crippen molar-refractivity contribution in [3.63, 3.8) is 0 Å². The molecule has 8 nitrogen and oxygen atoms in total. The first-order chi connectivity index (χ1) is 14.7. The van der Waals surface area contributed by atoms with E-state index in [0.717, 1.165) is 16.7 Å². The van der Waals surface area contributed by atoms with E-state index in [2.05, 4.69) is 16.2 Å². The van der Waals surface area contributed by atoms with Crippen LogP contribution in [0.3, 0.4) is 0 Å². The van der Waals surface area contributed by atoms with Gasteiger partial charge in [-0.25, -0.2) is 4.79 Å². The number of nitrogens with one attached hydrogen (secondary N) is 3. The van der Waals surface area contributed by atoms with Gasteiger partial charge < -0.3 is 15.8 Å². The molecule has 0 saturated carbocycles. The van der Waals surface area contributed by atoms with Crippen LogP contribution in [0.15, 0.2) is 48.5 Å². The Balaban J connectivity index is 1.69. The van der Waals surface area contributed by atoms with Gasteiger partial charge >= 0.3 is 6.09 Å². The van der Waals surface area contributed by atoms with Crippen molar-refractivity contribution < 1.29 is 19.1 Å². The first kappa shape index (κ1) is 22.3. The molecule has 1 aliphatic carbocycles. The molecule has 3 rings (SSSR count). The number of fused-ring (bicyclic) bond motifs is 1. The molecule has 0 radical (unpaired) electrons. The van der Waals surface area contributed by atoms with E-state index in [9.17, 15) is 14.4 Å². The van der Waals surface area contributed by atoms with Crippen molar-refractivity contribution in [2.75, 3.05) is 0 Å². The third-order valence-electron chi connectivity index (χ3n) is 4.97. The van der Waals surface area contributed by atoms with Crippen molar-refractivity contribution in [3.8, 4) is 0 Å². The summed E-state index contributed by atoms with van der Waals surface area (Å²) in [6.07, 6.45) is -0.103. The van der Waals surface area contributed by atoms with Crippen LogP contribution < -0.4 is 21.9 Å². The van der Waals surface area contributed by atoms with E-state index in [-0.39, 0.29) is 0 Å². The Morgan fingerprint density at radius 2 is 1.71 bits per heavy atom. The molecule has 5 N–H and O–H groups in total. The van der Waals surface area contributed by atoms with Crippen LogP contribution in [0, 0.1) is 0 Å². The predicted octanol–water partition coefficient (Wildman–Crippen LogP) is 2.14. The fraction of sp³-hybridized carbons (Fsp3) is 0.348. The largest absolute Gasteiger partial charge is 0.444 e. The molecular weight excluding hydrogens is 396 g/mol. The molecule has 0 bridgehead atoms. The predicted molar refractivity (Wildman–Crippen MR) is 116 cm³/mol. The number of rotatable bonds is 4. The van der Waals surface area contributed by atoms with E-state index in [0.29, 0.717) is 18.5 Å². The maximum Gasteiger partial charge on any atom is 0.407 e. The Labute approximate surface area is 181 Å². The first-order valence-electron chi connectivity index (χ1n) is 10.1. The maximum absolute atomic E-state index is 13.0. The lowest BCUT2D eigenvalue weighted by Gasteiger charge is -2.24. The van der Waals surface area contributed by atoms with Crippen LogP contribution >= 0.6 is 0 Å². The normalized spacial score (nSPS) is 17.4. The number of hydrazine groups is 1. The Kier molecular flexibility index (Phi) is 6.60. The minimum atomic E-state index is -0.663. The Morgan fingerprint density at radius 3 is 2.35 bits per heavy atom. The second kappa shape index (κ2) is 9.18. The van der Waals surface area contributed by atoms with E-state index in [4.69, 9.17) is 10.5 Å². The molecule has 2 atom stereocenters. The van der Waals surface area contributed by atoms with E-state index in [1.165, 1.54) is 0 Å². The first-order valence-corrected chi connectivity index (χ1v) is 10.1. The number of ether oxygens (including phenoxy) is 1. The van der Waals surface area contributed by atoms with Gasteiger partial charge in [0.1, 0.15) is 5.60 Å². The van der Waals surface area contributed by atoms with Crippen LogP contribution in [0.25, 0.3) is 0 Å². The summed E-state index contributed by atoms with van der Waals surface area (Å²) in [6.45, 7) is 5.70. The number of hydrogen-bond donors (Lipinski definition) is 4. The lowest BCUT2D eigenvalue weighted by Crippen LogP contribution is -2.49. The molecular formula is C23H28N4O4. The fourth-order valence-corrected chi connectivity index (χ4v) is 3.57. The number of hydrogen-bond acceptors (Lipinski definition) is 5. The van der Waals surface area contributed by atoms with Crippen molar-refractivity contribution in [1.82, 2.24) is 16.2 Å². The highest BCUT2D eigenvalue weighted by molar-refractivity contribution is 5.96. The van der Waals surface area contributed by atoms with Crippen molar-refractivity contribution in [2.24, 2.45) is 5.73 Å². The van der Waals surface area contributed by atoms with Gasteiger partial charge in [-0.05, 0) is 56.0 Å². The highest BCUT2D eigenvalue weighted by Gasteiger charge is 2.39. The second-order valence-electron chi connectivity index (χ2n) is 8.48. The molecule has 0 heterocycles. The van der Waals surface area contributed by atoms with Crippen LogP contribution in [0.2, 0.25) is 0 Å². The molecule has 31 heavy (non-hydrogen) atoms. The monoisotopic (exact) mass is 424 g/mol. The third kappa shape index (κ3) is 5.61. The quantitative estimate of drug-likeness (QED) is 0.560. The summed E-state index contributed by atoms with van der Waals surface area (Å²) in [5, 5.41) is 2.80. The molecule has 0 aliphatic heterocycles. The topological polar surface area (TPSA) is 123 Å². The molecule has 0 saturated heterocycles. The van der Waals surface area contributed by atoms with Crippen molar-refractivity contribution in [1.29, 1.82) is 0 Å². The molecule has 2 aromatic carbocycles. The summed E-state index contributed by atoms with van der Waals surface area (Å²) in [7, 11) is 0. The van der Waals surface area contributed by atoms with Crippen LogP contribution in [0.4, 0.5) is 4.79 Å². The van der Waals surface area contributed by atoms with Crippen molar-refractivity contribution in [3.05, 3.63) is 70.8 Å². The average Bonchev–Trinajstić information content (AvgIpc) is 3.08. The Morgan fingerprint density at radius 1 is 1.03 bits per heavy atom. The Bertz CT molecular complexity index is 966. The van der Waals surface area contributed by atoms with E-state index >= 15 is 0 Å². The van der Waals surface area contributed by atoms with Crippen molar-refractivity contribution >= 4 is 17.9 Å². The standard InChI is InChI=1S/C23H28N4O4/c1-23(2,3)31-22(30)25-18-12-16-6-4-5-7-17(16)19(18)21(29)27-26-20(28)15-10-8-14(13-24)9-11-15/h4-11,18-19H,12-13,24H2,1-3H3,(H,25,30)(H,26,28)(H,27,29). The number of nitrogens with two attached hydrogens (primary N) is 1. The highest BCUT2D eigenvalue weighted by Crippen LogP contribution is 2.33. The van der Waals surface area contributed by atoms with Gasteiger partial charge in [-0.1, -0.05) is 36.4 Å². The average molecular weight is 425 g/mol. The SMILES string of the molecule is CC(C)(C)OC(=O)NC1Cc2ccccc2C1C(=O)NNC(=O)c1ccc(CN)cc1. The lowest BCUT2D eigenvalue weighted by molar-refractivity contribution is -0.123. The third-order valence-corrected chi connectivity index (χ3v) is 4.97. The molecule has 0 spiro atoms. The van der Waals surface area contributed by atoms with Gasteiger partial charge in [-0.2, -0.15) is 0 Å². The Hall–Kier alpha value is -3.39. The van der Waals surface area contributed by atoms with E-state index in [1.807, 2.05) is 24.3 Å². The molecule has 2 unspecified atom stereocenters. The minimum absolute atomic E-state index is 0.381. The number of carbonyl (C=O) groups is 3. The molecule has 1 aliphatic rings. The summed E-state index contributed by atoms with van der Waals surface area (Å²) in [5.74, 6) is -1.53. The minimum Gasteiger partial charge on any atom is -0.444 e. The fourth-order valence-electron chi connectivity index (χ4n) is 3.57. The van der Waals surface area contributed by atoms with Gasteiger partial charge in [0.25, 0.3) is 5.91 Å². The molecule has 3 amide bonds. The van der Waals surface area contributed by atoms with Gasteiger partial charge in [0.05, 0.1) is 12.0 Å².